The molecule has 3 N–H and O–H groups in total. The summed E-state index contributed by atoms with van der Waals surface area (Å²) in [5, 5.41) is 17.2. The van der Waals surface area contributed by atoms with Gasteiger partial charge in [-0.15, -0.1) is 24.0 Å². The van der Waals surface area contributed by atoms with E-state index in [0.29, 0.717) is 12.5 Å². The van der Waals surface area contributed by atoms with Gasteiger partial charge in [0.1, 0.15) is 0 Å². The van der Waals surface area contributed by atoms with Gasteiger partial charge in [-0.05, 0) is 37.8 Å². The van der Waals surface area contributed by atoms with Crippen LogP contribution in [0, 0.1) is 5.92 Å². The zero-order valence-electron chi connectivity index (χ0n) is 13.6. The number of benzene rings is 1. The van der Waals surface area contributed by atoms with Gasteiger partial charge in [-0.1, -0.05) is 36.2 Å². The van der Waals surface area contributed by atoms with Gasteiger partial charge in [0, 0.05) is 30.6 Å². The van der Waals surface area contributed by atoms with Crippen molar-refractivity contribution in [3.05, 3.63) is 34.9 Å². The number of rotatable bonds is 6. The van der Waals surface area contributed by atoms with Gasteiger partial charge in [-0.3, -0.25) is 4.99 Å². The molecule has 2 rings (SSSR count). The second kappa shape index (κ2) is 11.1. The molecular weight excluding hydrogens is 425 g/mol. The molecule has 23 heavy (non-hydrogen) atoms. The van der Waals surface area contributed by atoms with Gasteiger partial charge in [0.2, 0.25) is 0 Å². The quantitative estimate of drug-likeness (QED) is 0.354. The molecule has 1 saturated carbocycles. The van der Waals surface area contributed by atoms with E-state index in [4.69, 9.17) is 11.6 Å². The third kappa shape index (κ3) is 6.85. The van der Waals surface area contributed by atoms with Crippen molar-refractivity contribution in [2.24, 2.45) is 10.9 Å². The summed E-state index contributed by atoms with van der Waals surface area (Å²) in [5.41, 5.74) is 1.14. The Morgan fingerprint density at radius 3 is 2.74 bits per heavy atom. The van der Waals surface area contributed by atoms with Gasteiger partial charge in [0.25, 0.3) is 0 Å². The first-order valence-electron chi connectivity index (χ1n) is 8.14. The van der Waals surface area contributed by atoms with Crippen LogP contribution in [-0.4, -0.2) is 36.8 Å². The highest BCUT2D eigenvalue weighted by atomic mass is 127. The second-order valence-electron chi connectivity index (χ2n) is 5.75. The van der Waals surface area contributed by atoms with Crippen LogP contribution >= 0.6 is 35.6 Å². The van der Waals surface area contributed by atoms with Crippen molar-refractivity contribution in [2.75, 3.05) is 19.6 Å². The molecule has 1 fully saturated rings. The summed E-state index contributed by atoms with van der Waals surface area (Å²) in [6.45, 7) is 4.34. The Labute approximate surface area is 161 Å². The first-order chi connectivity index (χ1) is 10.7. The molecule has 0 aromatic heterocycles. The van der Waals surface area contributed by atoms with Crippen LogP contribution in [0.5, 0.6) is 0 Å². The lowest BCUT2D eigenvalue weighted by Gasteiger charge is -2.15. The standard InChI is InChI=1S/C17H26ClN3O.HI/c1-2-19-17(21-12-14-7-5-9-16(14)22)20-11-10-13-6-3-4-8-15(13)18;/h3-4,6,8,14,16,22H,2,5,7,9-12H2,1H3,(H2,19,20,21);1H. The summed E-state index contributed by atoms with van der Waals surface area (Å²) < 4.78 is 0. The first-order valence-corrected chi connectivity index (χ1v) is 8.52. The summed E-state index contributed by atoms with van der Waals surface area (Å²) in [5.74, 6) is 1.12. The molecule has 0 spiro atoms. The van der Waals surface area contributed by atoms with Crippen LogP contribution in [0.3, 0.4) is 0 Å². The van der Waals surface area contributed by atoms with E-state index >= 15 is 0 Å². The van der Waals surface area contributed by atoms with Gasteiger partial charge in [-0.2, -0.15) is 0 Å². The van der Waals surface area contributed by atoms with Crippen LogP contribution in [0.1, 0.15) is 31.7 Å². The largest absolute Gasteiger partial charge is 0.393 e. The molecular formula is C17H27ClIN3O. The number of nitrogens with zero attached hydrogens (tertiary/aromatic N) is 1. The van der Waals surface area contributed by atoms with Crippen LogP contribution in [0.4, 0.5) is 0 Å². The topological polar surface area (TPSA) is 56.7 Å². The third-order valence-electron chi connectivity index (χ3n) is 4.09. The number of guanidine groups is 1. The van der Waals surface area contributed by atoms with E-state index in [1.807, 2.05) is 24.3 Å². The lowest BCUT2D eigenvalue weighted by atomic mass is 10.1. The van der Waals surface area contributed by atoms with Crippen LogP contribution < -0.4 is 10.6 Å². The fourth-order valence-corrected chi connectivity index (χ4v) is 3.03. The normalized spacial score (nSPS) is 20.9. The third-order valence-corrected chi connectivity index (χ3v) is 4.46. The van der Waals surface area contributed by atoms with Crippen LogP contribution in [0.2, 0.25) is 5.02 Å². The van der Waals surface area contributed by atoms with Crippen molar-refractivity contribution in [3.8, 4) is 0 Å². The summed E-state index contributed by atoms with van der Waals surface area (Å²) in [4.78, 5) is 4.60. The fourth-order valence-electron chi connectivity index (χ4n) is 2.80. The summed E-state index contributed by atoms with van der Waals surface area (Å²) in [6.07, 6.45) is 3.77. The van der Waals surface area contributed by atoms with E-state index < -0.39 is 0 Å². The molecule has 0 amide bonds. The average molecular weight is 452 g/mol. The lowest BCUT2D eigenvalue weighted by molar-refractivity contribution is 0.136. The molecule has 130 valence electrons. The maximum absolute atomic E-state index is 9.86. The van der Waals surface area contributed by atoms with E-state index in [9.17, 15) is 5.11 Å². The number of hydrogen-bond acceptors (Lipinski definition) is 2. The molecule has 0 bridgehead atoms. The molecule has 0 heterocycles. The number of hydrogen-bond donors (Lipinski definition) is 3. The number of halogens is 2. The Kier molecular flexibility index (Phi) is 9.90. The van der Waals surface area contributed by atoms with Crippen molar-refractivity contribution in [1.82, 2.24) is 10.6 Å². The van der Waals surface area contributed by atoms with Crippen LogP contribution in [-0.2, 0) is 6.42 Å². The Bertz CT molecular complexity index is 498. The predicted octanol–water partition coefficient (Wildman–Crippen LogP) is 3.22. The Hall–Kier alpha value is -0.530. The maximum Gasteiger partial charge on any atom is 0.191 e. The molecule has 2 atom stereocenters. The molecule has 6 heteroatoms. The number of aliphatic imine (C=N–C) groups is 1. The van der Waals surface area contributed by atoms with Gasteiger partial charge in [-0.25, -0.2) is 0 Å². The van der Waals surface area contributed by atoms with Gasteiger partial charge in [0.05, 0.1) is 6.10 Å². The van der Waals surface area contributed by atoms with Crippen molar-refractivity contribution >= 4 is 41.5 Å². The molecule has 0 saturated heterocycles. The van der Waals surface area contributed by atoms with Crippen molar-refractivity contribution in [1.29, 1.82) is 0 Å². The predicted molar refractivity (Wildman–Crippen MR) is 108 cm³/mol. The van der Waals surface area contributed by atoms with Crippen molar-refractivity contribution in [3.63, 3.8) is 0 Å². The zero-order chi connectivity index (χ0) is 15.8. The number of aliphatic hydroxyl groups is 1. The smallest absolute Gasteiger partial charge is 0.191 e. The summed E-state index contributed by atoms with van der Waals surface area (Å²) in [6, 6.07) is 7.90. The summed E-state index contributed by atoms with van der Waals surface area (Å²) in [7, 11) is 0. The second-order valence-corrected chi connectivity index (χ2v) is 6.15. The van der Waals surface area contributed by atoms with Gasteiger partial charge < -0.3 is 15.7 Å². The highest BCUT2D eigenvalue weighted by Gasteiger charge is 2.24. The van der Waals surface area contributed by atoms with Crippen LogP contribution in [0.15, 0.2) is 29.3 Å². The summed E-state index contributed by atoms with van der Waals surface area (Å²) >= 11 is 6.16. The van der Waals surface area contributed by atoms with Crippen molar-refractivity contribution in [2.45, 2.75) is 38.7 Å². The minimum atomic E-state index is -0.185. The van der Waals surface area contributed by atoms with E-state index in [2.05, 4.69) is 22.5 Å². The molecule has 1 aliphatic carbocycles. The number of aliphatic hydroxyl groups excluding tert-OH is 1. The highest BCUT2D eigenvalue weighted by Crippen LogP contribution is 2.25. The Balaban J connectivity index is 0.00000264. The molecule has 1 aromatic rings. The molecule has 0 radical (unpaired) electrons. The number of nitrogens with one attached hydrogen (secondary N) is 2. The van der Waals surface area contributed by atoms with E-state index in [1.165, 1.54) is 0 Å². The Morgan fingerprint density at radius 1 is 1.30 bits per heavy atom. The molecule has 4 nitrogen and oxygen atoms in total. The highest BCUT2D eigenvalue weighted by molar-refractivity contribution is 14.0. The zero-order valence-corrected chi connectivity index (χ0v) is 16.7. The van der Waals surface area contributed by atoms with Gasteiger partial charge >= 0.3 is 0 Å². The molecule has 1 aromatic carbocycles. The van der Waals surface area contributed by atoms with Crippen molar-refractivity contribution < 1.29 is 5.11 Å². The monoisotopic (exact) mass is 451 g/mol. The fraction of sp³-hybridized carbons (Fsp3) is 0.588. The average Bonchev–Trinajstić information content (AvgIpc) is 2.92. The maximum atomic E-state index is 9.86. The molecule has 2 unspecified atom stereocenters. The van der Waals surface area contributed by atoms with E-state index in [-0.39, 0.29) is 30.1 Å². The van der Waals surface area contributed by atoms with Crippen LogP contribution in [0.25, 0.3) is 0 Å². The first kappa shape index (κ1) is 20.5. The SMILES string of the molecule is CCNC(=NCC1CCCC1O)NCCc1ccccc1Cl.I. The van der Waals surface area contributed by atoms with E-state index in [0.717, 1.165) is 55.3 Å². The minimum absolute atomic E-state index is 0. The Morgan fingerprint density at radius 2 is 2.09 bits per heavy atom. The minimum Gasteiger partial charge on any atom is -0.393 e. The van der Waals surface area contributed by atoms with E-state index in [1.54, 1.807) is 0 Å². The molecule has 0 aliphatic heterocycles. The van der Waals surface area contributed by atoms with Gasteiger partial charge in [0.15, 0.2) is 5.96 Å². The lowest BCUT2D eigenvalue weighted by Crippen LogP contribution is -2.39. The molecule has 1 aliphatic rings.